The van der Waals surface area contributed by atoms with Crippen LogP contribution in [0.4, 0.5) is 5.69 Å². The quantitative estimate of drug-likeness (QED) is 0.766. The summed E-state index contributed by atoms with van der Waals surface area (Å²) >= 11 is 0. The fourth-order valence-electron chi connectivity index (χ4n) is 2.99. The number of benzene rings is 2. The van der Waals surface area contributed by atoms with Crippen LogP contribution in [0.5, 0.6) is 5.75 Å². The van der Waals surface area contributed by atoms with E-state index < -0.39 is 11.8 Å². The zero-order valence-electron chi connectivity index (χ0n) is 16.4. The summed E-state index contributed by atoms with van der Waals surface area (Å²) in [7, 11) is 3.14. The number of hydrogen-bond donors (Lipinski definition) is 2. The maximum Gasteiger partial charge on any atom is 0.313 e. The molecule has 144 valence electrons. The zero-order chi connectivity index (χ0) is 20.0. The average Bonchev–Trinajstić information content (AvgIpc) is 2.64. The van der Waals surface area contributed by atoms with E-state index in [4.69, 9.17) is 9.47 Å². The number of ether oxygens (including phenoxy) is 2. The third-order valence-electron chi connectivity index (χ3n) is 4.32. The maximum absolute atomic E-state index is 12.3. The number of methoxy groups -OCH3 is 2. The number of anilines is 1. The predicted molar refractivity (Wildman–Crippen MR) is 105 cm³/mol. The molecule has 2 rings (SSSR count). The van der Waals surface area contributed by atoms with E-state index >= 15 is 0 Å². The van der Waals surface area contributed by atoms with Crippen LogP contribution in [-0.2, 0) is 14.3 Å². The predicted octanol–water partition coefficient (Wildman–Crippen LogP) is 3.06. The van der Waals surface area contributed by atoms with Crippen LogP contribution in [-0.4, -0.2) is 32.6 Å². The first-order valence-corrected chi connectivity index (χ1v) is 8.69. The molecule has 0 aliphatic rings. The third-order valence-corrected chi connectivity index (χ3v) is 4.32. The summed E-state index contributed by atoms with van der Waals surface area (Å²) in [6.07, 6.45) is -0.389. The van der Waals surface area contributed by atoms with Gasteiger partial charge in [0.15, 0.2) is 0 Å². The van der Waals surface area contributed by atoms with Crippen molar-refractivity contribution in [2.75, 3.05) is 26.1 Å². The van der Waals surface area contributed by atoms with Gasteiger partial charge in [-0.25, -0.2) is 0 Å². The number of rotatable bonds is 6. The number of carbonyl (C=O) groups excluding carboxylic acids is 2. The fraction of sp³-hybridized carbons (Fsp3) is 0.333. The first-order chi connectivity index (χ1) is 12.8. The summed E-state index contributed by atoms with van der Waals surface area (Å²) < 4.78 is 10.6. The van der Waals surface area contributed by atoms with Crippen molar-refractivity contribution in [3.8, 4) is 5.75 Å². The normalized spacial score (nSPS) is 11.6. The van der Waals surface area contributed by atoms with Gasteiger partial charge in [-0.05, 0) is 49.6 Å². The van der Waals surface area contributed by atoms with E-state index in [0.717, 1.165) is 22.3 Å². The molecule has 6 heteroatoms. The van der Waals surface area contributed by atoms with E-state index in [2.05, 4.69) is 10.6 Å². The molecule has 2 aromatic rings. The molecule has 2 N–H and O–H groups in total. The zero-order valence-corrected chi connectivity index (χ0v) is 16.4. The van der Waals surface area contributed by atoms with Crippen molar-refractivity contribution < 1.29 is 19.1 Å². The monoisotopic (exact) mass is 370 g/mol. The van der Waals surface area contributed by atoms with Crippen LogP contribution in [0.2, 0.25) is 0 Å². The van der Waals surface area contributed by atoms with Gasteiger partial charge in [0, 0.05) is 19.3 Å². The van der Waals surface area contributed by atoms with Gasteiger partial charge in [0.25, 0.3) is 0 Å². The molecule has 0 aliphatic carbocycles. The second kappa shape index (κ2) is 9.19. The highest BCUT2D eigenvalue weighted by atomic mass is 16.5. The van der Waals surface area contributed by atoms with Gasteiger partial charge in [0.2, 0.25) is 0 Å². The molecular weight excluding hydrogens is 344 g/mol. The Morgan fingerprint density at radius 1 is 1.00 bits per heavy atom. The van der Waals surface area contributed by atoms with Crippen LogP contribution in [0.1, 0.15) is 28.4 Å². The molecule has 0 spiro atoms. The van der Waals surface area contributed by atoms with Gasteiger partial charge in [0.05, 0.1) is 13.2 Å². The third kappa shape index (κ3) is 5.31. The Balaban J connectivity index is 2.00. The first kappa shape index (κ1) is 20.5. The molecule has 2 amide bonds. The molecule has 1 atom stereocenters. The largest absolute Gasteiger partial charge is 0.497 e. The number of amides is 2. The van der Waals surface area contributed by atoms with Crippen LogP contribution in [0.3, 0.4) is 0 Å². The van der Waals surface area contributed by atoms with Crippen molar-refractivity contribution >= 4 is 17.5 Å². The Bertz CT molecular complexity index is 810. The Hall–Kier alpha value is -2.86. The Morgan fingerprint density at radius 2 is 1.67 bits per heavy atom. The Kier molecular flexibility index (Phi) is 6.96. The van der Waals surface area contributed by atoms with Gasteiger partial charge in [-0.3, -0.25) is 9.59 Å². The topological polar surface area (TPSA) is 76.7 Å². The van der Waals surface area contributed by atoms with Gasteiger partial charge in [-0.2, -0.15) is 0 Å². The summed E-state index contributed by atoms with van der Waals surface area (Å²) in [5.41, 5.74) is 4.45. The summed E-state index contributed by atoms with van der Waals surface area (Å²) in [5.74, 6) is -0.714. The number of nitrogens with one attached hydrogen (secondary N) is 2. The van der Waals surface area contributed by atoms with Gasteiger partial charge < -0.3 is 20.1 Å². The van der Waals surface area contributed by atoms with Gasteiger partial charge in [-0.15, -0.1) is 0 Å². The van der Waals surface area contributed by atoms with Crippen molar-refractivity contribution in [2.45, 2.75) is 26.9 Å². The molecule has 0 fully saturated rings. The van der Waals surface area contributed by atoms with Crippen molar-refractivity contribution in [2.24, 2.45) is 0 Å². The summed E-state index contributed by atoms with van der Waals surface area (Å²) in [6.45, 7) is 5.96. The molecule has 0 heterocycles. The summed E-state index contributed by atoms with van der Waals surface area (Å²) in [5, 5.41) is 5.32. The first-order valence-electron chi connectivity index (χ1n) is 8.69. The summed E-state index contributed by atoms with van der Waals surface area (Å²) in [4.78, 5) is 24.5. The fourth-order valence-corrected chi connectivity index (χ4v) is 2.99. The highest BCUT2D eigenvalue weighted by Gasteiger charge is 2.19. The van der Waals surface area contributed by atoms with E-state index in [1.54, 1.807) is 14.2 Å². The van der Waals surface area contributed by atoms with Crippen LogP contribution in [0, 0.1) is 20.8 Å². The Morgan fingerprint density at radius 3 is 2.26 bits per heavy atom. The van der Waals surface area contributed by atoms with Crippen molar-refractivity contribution in [3.05, 3.63) is 58.7 Å². The van der Waals surface area contributed by atoms with E-state index in [1.807, 2.05) is 57.2 Å². The van der Waals surface area contributed by atoms with Gasteiger partial charge in [0.1, 0.15) is 5.75 Å². The van der Waals surface area contributed by atoms with Crippen LogP contribution in [0.15, 0.2) is 36.4 Å². The second-order valence-electron chi connectivity index (χ2n) is 6.44. The Labute approximate surface area is 159 Å². The minimum Gasteiger partial charge on any atom is -0.497 e. The van der Waals surface area contributed by atoms with Crippen molar-refractivity contribution in [1.82, 2.24) is 5.32 Å². The molecule has 0 aromatic heterocycles. The lowest BCUT2D eigenvalue weighted by atomic mass is 10.1. The van der Waals surface area contributed by atoms with Crippen LogP contribution < -0.4 is 15.4 Å². The lowest BCUT2D eigenvalue weighted by Gasteiger charge is -2.17. The summed E-state index contributed by atoms with van der Waals surface area (Å²) in [6, 6.07) is 11.3. The van der Waals surface area contributed by atoms with Crippen LogP contribution >= 0.6 is 0 Å². The molecule has 0 radical (unpaired) electrons. The van der Waals surface area contributed by atoms with E-state index in [9.17, 15) is 9.59 Å². The highest BCUT2D eigenvalue weighted by Crippen LogP contribution is 2.22. The smallest absolute Gasteiger partial charge is 0.313 e. The molecule has 0 bridgehead atoms. The number of aryl methyl sites for hydroxylation is 3. The lowest BCUT2D eigenvalue weighted by molar-refractivity contribution is -0.136. The number of hydrogen-bond acceptors (Lipinski definition) is 4. The van der Waals surface area contributed by atoms with Crippen molar-refractivity contribution in [1.29, 1.82) is 0 Å². The van der Waals surface area contributed by atoms with Gasteiger partial charge in [-0.1, -0.05) is 29.8 Å². The molecule has 6 nitrogen and oxygen atoms in total. The minimum absolute atomic E-state index is 0.168. The lowest BCUT2D eigenvalue weighted by Crippen LogP contribution is -2.38. The van der Waals surface area contributed by atoms with E-state index in [-0.39, 0.29) is 12.6 Å². The maximum atomic E-state index is 12.3. The second-order valence-corrected chi connectivity index (χ2v) is 6.44. The molecule has 0 aliphatic heterocycles. The van der Waals surface area contributed by atoms with E-state index in [0.29, 0.717) is 11.4 Å². The molecule has 0 saturated carbocycles. The molecule has 27 heavy (non-hydrogen) atoms. The number of carbonyl (C=O) groups is 2. The molecule has 2 aromatic carbocycles. The minimum atomic E-state index is -0.709. The van der Waals surface area contributed by atoms with Crippen molar-refractivity contribution in [3.63, 3.8) is 0 Å². The molecule has 0 saturated heterocycles. The van der Waals surface area contributed by atoms with Crippen LogP contribution in [0.25, 0.3) is 0 Å². The SMILES string of the molecule is COc1cccc(C(CNC(=O)C(=O)Nc2c(C)cc(C)cc2C)OC)c1. The average molecular weight is 370 g/mol. The highest BCUT2D eigenvalue weighted by molar-refractivity contribution is 6.39. The molecule has 1 unspecified atom stereocenters. The van der Waals surface area contributed by atoms with Gasteiger partial charge >= 0.3 is 11.8 Å². The standard InChI is InChI=1S/C21H26N2O4/c1-13-9-14(2)19(15(3)10-13)23-21(25)20(24)22-12-18(27-5)16-7-6-8-17(11-16)26-4/h6-11,18H,12H2,1-5H3,(H,22,24)(H,23,25). The van der Waals surface area contributed by atoms with E-state index in [1.165, 1.54) is 0 Å². The molecular formula is C21H26N2O4.